The zero-order valence-electron chi connectivity index (χ0n) is 10.1. The Bertz CT molecular complexity index is 356. The molecule has 16 heavy (non-hydrogen) atoms. The van der Waals surface area contributed by atoms with E-state index < -0.39 is 8.32 Å². The molecule has 86 valence electrons. The van der Waals surface area contributed by atoms with Crippen molar-refractivity contribution < 1.29 is 4.43 Å². The fourth-order valence-electron chi connectivity index (χ4n) is 2.16. The standard InChI is InChI=1S/C14H20OSi/c1-16(2)11-7-6-10-14(15-16)12-13-8-4-3-5-9-13/h3-9,14H,10-12H2,1-2H3. The summed E-state index contributed by atoms with van der Waals surface area (Å²) in [6.45, 7) is 4.61. The second-order valence-corrected chi connectivity index (χ2v) is 9.26. The van der Waals surface area contributed by atoms with Crippen LogP contribution in [0.15, 0.2) is 42.5 Å². The molecular formula is C14H20OSi. The van der Waals surface area contributed by atoms with Crippen molar-refractivity contribution >= 4 is 8.32 Å². The highest BCUT2D eigenvalue weighted by Crippen LogP contribution is 2.22. The van der Waals surface area contributed by atoms with E-state index in [0.29, 0.717) is 6.10 Å². The summed E-state index contributed by atoms with van der Waals surface area (Å²) in [7, 11) is -1.44. The third-order valence-electron chi connectivity index (χ3n) is 2.97. The van der Waals surface area contributed by atoms with Crippen LogP contribution in [0.2, 0.25) is 19.1 Å². The molecule has 1 heterocycles. The van der Waals surface area contributed by atoms with Crippen LogP contribution in [0.5, 0.6) is 0 Å². The minimum Gasteiger partial charge on any atom is -0.414 e. The molecule has 0 saturated heterocycles. The fourth-order valence-corrected chi connectivity index (χ4v) is 4.08. The van der Waals surface area contributed by atoms with Crippen molar-refractivity contribution in [2.75, 3.05) is 0 Å². The van der Waals surface area contributed by atoms with E-state index in [9.17, 15) is 0 Å². The highest BCUT2D eigenvalue weighted by atomic mass is 28.4. The van der Waals surface area contributed by atoms with Gasteiger partial charge in [-0.3, -0.25) is 0 Å². The Kier molecular flexibility index (Phi) is 3.61. The maximum Gasteiger partial charge on any atom is 0.190 e. The molecule has 1 atom stereocenters. The van der Waals surface area contributed by atoms with Gasteiger partial charge in [0.05, 0.1) is 6.10 Å². The Balaban J connectivity index is 2.02. The summed E-state index contributed by atoms with van der Waals surface area (Å²) < 4.78 is 6.28. The summed E-state index contributed by atoms with van der Waals surface area (Å²) in [4.78, 5) is 0. The van der Waals surface area contributed by atoms with Gasteiger partial charge in [0.2, 0.25) is 0 Å². The maximum absolute atomic E-state index is 6.28. The van der Waals surface area contributed by atoms with Crippen LogP contribution in [0.1, 0.15) is 12.0 Å². The van der Waals surface area contributed by atoms with Crippen molar-refractivity contribution in [3.05, 3.63) is 48.0 Å². The molecule has 2 rings (SSSR count). The molecule has 0 bridgehead atoms. The van der Waals surface area contributed by atoms with Gasteiger partial charge in [-0.2, -0.15) is 0 Å². The average Bonchev–Trinajstić information content (AvgIpc) is 2.40. The van der Waals surface area contributed by atoms with Crippen LogP contribution in [0.3, 0.4) is 0 Å². The quantitative estimate of drug-likeness (QED) is 0.557. The minimum absolute atomic E-state index is 0.378. The molecule has 0 aromatic heterocycles. The van der Waals surface area contributed by atoms with E-state index in [1.165, 1.54) is 5.56 Å². The van der Waals surface area contributed by atoms with Gasteiger partial charge in [0.25, 0.3) is 0 Å². The molecule has 0 radical (unpaired) electrons. The third kappa shape index (κ3) is 3.32. The van der Waals surface area contributed by atoms with Gasteiger partial charge in [-0.15, -0.1) is 0 Å². The molecule has 0 N–H and O–H groups in total. The minimum atomic E-state index is -1.44. The summed E-state index contributed by atoms with van der Waals surface area (Å²) in [5.74, 6) is 0. The largest absolute Gasteiger partial charge is 0.414 e. The van der Waals surface area contributed by atoms with Gasteiger partial charge in [-0.05, 0) is 37.5 Å². The Morgan fingerprint density at radius 2 is 1.94 bits per heavy atom. The Labute approximate surface area is 99.3 Å². The predicted molar refractivity (Wildman–Crippen MR) is 71.1 cm³/mol. The van der Waals surface area contributed by atoms with Crippen molar-refractivity contribution in [3.63, 3.8) is 0 Å². The number of hydrogen-bond acceptors (Lipinski definition) is 1. The van der Waals surface area contributed by atoms with Gasteiger partial charge in [0, 0.05) is 0 Å². The van der Waals surface area contributed by atoms with Gasteiger partial charge >= 0.3 is 0 Å². The molecule has 0 fully saturated rings. The molecular weight excluding hydrogens is 212 g/mol. The van der Waals surface area contributed by atoms with Crippen LogP contribution < -0.4 is 0 Å². The van der Waals surface area contributed by atoms with Crippen molar-refractivity contribution in [1.82, 2.24) is 0 Å². The van der Waals surface area contributed by atoms with Gasteiger partial charge in [-0.25, -0.2) is 0 Å². The molecule has 2 heteroatoms. The second kappa shape index (κ2) is 4.98. The van der Waals surface area contributed by atoms with Crippen molar-refractivity contribution in [2.24, 2.45) is 0 Å². The molecule has 1 aromatic rings. The third-order valence-corrected chi connectivity index (χ3v) is 5.16. The smallest absolute Gasteiger partial charge is 0.190 e. The monoisotopic (exact) mass is 232 g/mol. The Morgan fingerprint density at radius 3 is 2.69 bits per heavy atom. The normalized spacial score (nSPS) is 24.0. The van der Waals surface area contributed by atoms with Gasteiger partial charge in [0.1, 0.15) is 0 Å². The first kappa shape index (κ1) is 11.6. The predicted octanol–water partition coefficient (Wildman–Crippen LogP) is 3.78. The molecule has 1 aliphatic rings. The lowest BCUT2D eigenvalue weighted by Crippen LogP contribution is -2.34. The van der Waals surface area contributed by atoms with Crippen molar-refractivity contribution in [3.8, 4) is 0 Å². The lowest BCUT2D eigenvalue weighted by atomic mass is 10.1. The second-order valence-electron chi connectivity index (χ2n) is 5.10. The molecule has 0 aliphatic carbocycles. The topological polar surface area (TPSA) is 9.23 Å². The van der Waals surface area contributed by atoms with Crippen LogP contribution in [0.4, 0.5) is 0 Å². The first-order chi connectivity index (χ1) is 7.66. The lowest BCUT2D eigenvalue weighted by molar-refractivity contribution is 0.198. The van der Waals surface area contributed by atoms with E-state index in [4.69, 9.17) is 4.43 Å². The summed E-state index contributed by atoms with van der Waals surface area (Å²) in [5.41, 5.74) is 1.38. The number of allylic oxidation sites excluding steroid dienone is 1. The van der Waals surface area contributed by atoms with Crippen molar-refractivity contribution in [2.45, 2.75) is 38.1 Å². The Morgan fingerprint density at radius 1 is 1.19 bits per heavy atom. The molecule has 1 unspecified atom stereocenters. The van der Waals surface area contributed by atoms with E-state index in [2.05, 4.69) is 55.6 Å². The van der Waals surface area contributed by atoms with Gasteiger partial charge in [-0.1, -0.05) is 42.5 Å². The molecule has 1 nitrogen and oxygen atoms in total. The molecule has 1 aliphatic heterocycles. The molecule has 1 aromatic carbocycles. The fraction of sp³-hybridized carbons (Fsp3) is 0.429. The van der Waals surface area contributed by atoms with Crippen LogP contribution in [0, 0.1) is 0 Å². The van der Waals surface area contributed by atoms with Crippen LogP contribution in [-0.2, 0) is 10.8 Å². The highest BCUT2D eigenvalue weighted by Gasteiger charge is 2.26. The van der Waals surface area contributed by atoms with Gasteiger partial charge < -0.3 is 4.43 Å². The van der Waals surface area contributed by atoms with E-state index in [-0.39, 0.29) is 0 Å². The molecule has 0 saturated carbocycles. The Hall–Kier alpha value is -0.863. The SMILES string of the molecule is C[Si]1(C)CC=CCC(Cc2ccccc2)O1. The number of benzene rings is 1. The van der Waals surface area contributed by atoms with E-state index in [0.717, 1.165) is 18.9 Å². The van der Waals surface area contributed by atoms with E-state index >= 15 is 0 Å². The first-order valence-electron chi connectivity index (χ1n) is 6.02. The lowest BCUT2D eigenvalue weighted by Gasteiger charge is -2.26. The summed E-state index contributed by atoms with van der Waals surface area (Å²) in [5, 5.41) is 0. The molecule has 0 amide bonds. The maximum atomic E-state index is 6.28. The van der Waals surface area contributed by atoms with Crippen LogP contribution in [0.25, 0.3) is 0 Å². The zero-order chi connectivity index (χ0) is 11.4. The summed E-state index contributed by atoms with van der Waals surface area (Å²) in [6.07, 6.45) is 7.07. The van der Waals surface area contributed by atoms with E-state index in [1.54, 1.807) is 0 Å². The van der Waals surface area contributed by atoms with Crippen LogP contribution >= 0.6 is 0 Å². The van der Waals surface area contributed by atoms with Crippen molar-refractivity contribution in [1.29, 1.82) is 0 Å². The highest BCUT2D eigenvalue weighted by molar-refractivity contribution is 6.71. The summed E-state index contributed by atoms with van der Waals surface area (Å²) in [6, 6.07) is 11.8. The zero-order valence-corrected chi connectivity index (χ0v) is 11.1. The van der Waals surface area contributed by atoms with Crippen LogP contribution in [-0.4, -0.2) is 14.4 Å². The average molecular weight is 232 g/mol. The molecule has 0 spiro atoms. The van der Waals surface area contributed by atoms with E-state index in [1.807, 2.05) is 0 Å². The number of hydrogen-bond donors (Lipinski definition) is 0. The van der Waals surface area contributed by atoms with Gasteiger partial charge in [0.15, 0.2) is 8.32 Å². The summed E-state index contributed by atoms with van der Waals surface area (Å²) >= 11 is 0. The first-order valence-corrected chi connectivity index (χ1v) is 9.14. The number of rotatable bonds is 2.